The van der Waals surface area contributed by atoms with E-state index in [-0.39, 0.29) is 0 Å². The van der Waals surface area contributed by atoms with E-state index in [2.05, 4.69) is 19.1 Å². The largest absolute Gasteiger partial charge is 0.0932 e. The molecule has 0 rings (SSSR count). The SMILES string of the molecule is CC[CH]C=S. The summed E-state index contributed by atoms with van der Waals surface area (Å²) in [7, 11) is 0. The van der Waals surface area contributed by atoms with Crippen LogP contribution in [0, 0.1) is 6.42 Å². The minimum atomic E-state index is 1.06. The Bertz CT molecular complexity index is 24.8. The number of hydrogen-bond donors (Lipinski definition) is 0. The standard InChI is InChI=1S/C4H7S/c1-2-3-4-5/h3-4H,2H2,1H3. The Balaban J connectivity index is 2.40. The first kappa shape index (κ1) is 5.09. The summed E-state index contributed by atoms with van der Waals surface area (Å²) in [5.74, 6) is 0. The molecule has 0 spiro atoms. The van der Waals surface area contributed by atoms with Crippen LogP contribution < -0.4 is 0 Å². The van der Waals surface area contributed by atoms with Crippen molar-refractivity contribution < 1.29 is 0 Å². The Morgan fingerprint density at radius 1 is 1.80 bits per heavy atom. The molecule has 0 unspecified atom stereocenters. The van der Waals surface area contributed by atoms with Crippen LogP contribution in [0.4, 0.5) is 0 Å². The summed E-state index contributed by atoms with van der Waals surface area (Å²) in [5.41, 5.74) is 0. The normalized spacial score (nSPS) is 7.40. The molecule has 0 nitrogen and oxygen atoms in total. The molecule has 1 radical (unpaired) electrons. The highest BCUT2D eigenvalue weighted by Gasteiger charge is 1.64. The maximum Gasteiger partial charge on any atom is -0.00601 e. The van der Waals surface area contributed by atoms with Gasteiger partial charge in [0.1, 0.15) is 0 Å². The molecule has 0 atom stereocenters. The lowest BCUT2D eigenvalue weighted by Gasteiger charge is -1.70. The highest BCUT2D eigenvalue weighted by Crippen LogP contribution is 1.75. The Kier molecular flexibility index (Phi) is 4.16. The fourth-order valence-corrected chi connectivity index (χ4v) is 0.289. The highest BCUT2D eigenvalue weighted by atomic mass is 32.1. The zero-order valence-electron chi connectivity index (χ0n) is 3.27. The molecule has 5 heavy (non-hydrogen) atoms. The van der Waals surface area contributed by atoms with Gasteiger partial charge in [0.15, 0.2) is 0 Å². The molecule has 0 amide bonds. The van der Waals surface area contributed by atoms with Crippen LogP contribution in [0.3, 0.4) is 0 Å². The molecule has 0 N–H and O–H groups in total. The van der Waals surface area contributed by atoms with E-state index in [1.54, 1.807) is 5.37 Å². The smallest absolute Gasteiger partial charge is 0.00601 e. The average Bonchev–Trinajstić information content (AvgIpc) is 1.41. The summed E-state index contributed by atoms with van der Waals surface area (Å²) in [6.45, 7) is 2.06. The van der Waals surface area contributed by atoms with Gasteiger partial charge in [-0.1, -0.05) is 19.1 Å². The van der Waals surface area contributed by atoms with Crippen molar-refractivity contribution in [3.8, 4) is 0 Å². The lowest BCUT2D eigenvalue weighted by atomic mass is 10.4. The summed E-state index contributed by atoms with van der Waals surface area (Å²) in [6, 6.07) is 0. The van der Waals surface area contributed by atoms with Crippen LogP contribution in [-0.4, -0.2) is 5.37 Å². The van der Waals surface area contributed by atoms with E-state index in [4.69, 9.17) is 0 Å². The van der Waals surface area contributed by atoms with Gasteiger partial charge in [0, 0.05) is 0 Å². The van der Waals surface area contributed by atoms with Gasteiger partial charge in [0.25, 0.3) is 0 Å². The van der Waals surface area contributed by atoms with Gasteiger partial charge in [0.2, 0.25) is 0 Å². The van der Waals surface area contributed by atoms with Gasteiger partial charge >= 0.3 is 0 Å². The maximum atomic E-state index is 4.47. The number of thiocarbonyl (C=S) groups is 1. The first-order valence-electron chi connectivity index (χ1n) is 1.68. The third-order valence-electron chi connectivity index (χ3n) is 0.332. The molecule has 29 valence electrons. The Labute approximate surface area is 38.2 Å². The van der Waals surface area contributed by atoms with Gasteiger partial charge in [-0.15, -0.1) is 0 Å². The molecule has 0 saturated carbocycles. The molecule has 0 heterocycles. The van der Waals surface area contributed by atoms with Gasteiger partial charge < -0.3 is 0 Å². The van der Waals surface area contributed by atoms with Crippen LogP contribution in [-0.2, 0) is 0 Å². The van der Waals surface area contributed by atoms with Crippen molar-refractivity contribution in [3.05, 3.63) is 6.42 Å². The molecule has 0 aromatic carbocycles. The third-order valence-corrected chi connectivity index (χ3v) is 0.524. The van der Waals surface area contributed by atoms with E-state index in [0.717, 1.165) is 6.42 Å². The van der Waals surface area contributed by atoms with E-state index in [9.17, 15) is 0 Å². The molecule has 0 aromatic heterocycles. The molecule has 0 bridgehead atoms. The van der Waals surface area contributed by atoms with E-state index in [1.807, 2.05) is 6.42 Å². The van der Waals surface area contributed by atoms with Crippen molar-refractivity contribution in [2.24, 2.45) is 0 Å². The minimum absolute atomic E-state index is 1.06. The van der Waals surface area contributed by atoms with Gasteiger partial charge in [-0.2, -0.15) is 0 Å². The Hall–Kier alpha value is 0.0900. The second kappa shape index (κ2) is 4.09. The Morgan fingerprint density at radius 3 is 2.40 bits per heavy atom. The summed E-state index contributed by atoms with van der Waals surface area (Å²) in [5, 5.41) is 1.64. The van der Waals surface area contributed by atoms with E-state index in [0.29, 0.717) is 0 Å². The molecular weight excluding hydrogens is 80.1 g/mol. The molecule has 1 heteroatoms. The van der Waals surface area contributed by atoms with Gasteiger partial charge in [-0.3, -0.25) is 0 Å². The van der Waals surface area contributed by atoms with E-state index >= 15 is 0 Å². The monoisotopic (exact) mass is 87.0 g/mol. The van der Waals surface area contributed by atoms with Crippen molar-refractivity contribution in [2.45, 2.75) is 13.3 Å². The lowest BCUT2D eigenvalue weighted by Crippen LogP contribution is -1.63. The van der Waals surface area contributed by atoms with E-state index in [1.165, 1.54) is 0 Å². The predicted octanol–water partition coefficient (Wildman–Crippen LogP) is 1.60. The molecule has 0 aliphatic carbocycles. The van der Waals surface area contributed by atoms with Gasteiger partial charge in [0.05, 0.1) is 0 Å². The fourth-order valence-electron chi connectivity index (χ4n) is 0.0962. The zero-order chi connectivity index (χ0) is 4.12. The predicted molar refractivity (Wildman–Crippen MR) is 28.2 cm³/mol. The fraction of sp³-hybridized carbons (Fsp3) is 0.500. The second-order valence-corrected chi connectivity index (χ2v) is 1.05. The highest BCUT2D eigenvalue weighted by molar-refractivity contribution is 7.79. The van der Waals surface area contributed by atoms with Crippen LogP contribution in [0.5, 0.6) is 0 Å². The average molecular weight is 87.2 g/mol. The first-order chi connectivity index (χ1) is 2.41. The number of hydrogen-bond acceptors (Lipinski definition) is 1. The van der Waals surface area contributed by atoms with Crippen molar-refractivity contribution >= 4 is 17.6 Å². The molecule has 0 saturated heterocycles. The van der Waals surface area contributed by atoms with Crippen molar-refractivity contribution in [1.82, 2.24) is 0 Å². The molecular formula is C4H7S. The molecule has 0 aromatic rings. The first-order valence-corrected chi connectivity index (χ1v) is 2.16. The van der Waals surface area contributed by atoms with Crippen molar-refractivity contribution in [2.75, 3.05) is 0 Å². The minimum Gasteiger partial charge on any atom is -0.0932 e. The summed E-state index contributed by atoms with van der Waals surface area (Å²) < 4.78 is 0. The maximum absolute atomic E-state index is 4.47. The van der Waals surface area contributed by atoms with Gasteiger partial charge in [-0.25, -0.2) is 0 Å². The number of rotatable bonds is 2. The Morgan fingerprint density at radius 2 is 2.40 bits per heavy atom. The summed E-state index contributed by atoms with van der Waals surface area (Å²) in [4.78, 5) is 0. The quantitative estimate of drug-likeness (QED) is 0.461. The third kappa shape index (κ3) is 4.09. The topological polar surface area (TPSA) is 0 Å². The molecule has 0 aliphatic heterocycles. The van der Waals surface area contributed by atoms with Crippen LogP contribution >= 0.6 is 12.2 Å². The van der Waals surface area contributed by atoms with Crippen molar-refractivity contribution in [1.29, 1.82) is 0 Å². The zero-order valence-corrected chi connectivity index (χ0v) is 4.09. The van der Waals surface area contributed by atoms with E-state index < -0.39 is 0 Å². The van der Waals surface area contributed by atoms with Crippen LogP contribution in [0.15, 0.2) is 0 Å². The molecule has 0 fully saturated rings. The van der Waals surface area contributed by atoms with Crippen LogP contribution in [0.1, 0.15) is 13.3 Å². The molecule has 0 aliphatic rings. The lowest BCUT2D eigenvalue weighted by molar-refractivity contribution is 1.19. The number of unbranched alkanes of at least 4 members (excludes halogenated alkanes) is 1. The van der Waals surface area contributed by atoms with Crippen LogP contribution in [0.25, 0.3) is 0 Å². The second-order valence-electron chi connectivity index (χ2n) is 0.780. The summed E-state index contributed by atoms with van der Waals surface area (Å²) in [6.07, 6.45) is 3.00. The van der Waals surface area contributed by atoms with Crippen molar-refractivity contribution in [3.63, 3.8) is 0 Å². The summed E-state index contributed by atoms with van der Waals surface area (Å²) >= 11 is 4.47. The van der Waals surface area contributed by atoms with Crippen LogP contribution in [0.2, 0.25) is 0 Å². The van der Waals surface area contributed by atoms with Gasteiger partial charge in [-0.05, 0) is 18.2 Å².